The number of benzene rings is 1. The molecule has 2 amide bonds. The van der Waals surface area contributed by atoms with Gasteiger partial charge in [-0.1, -0.05) is 30.3 Å². The van der Waals surface area contributed by atoms with E-state index >= 15 is 0 Å². The molecule has 0 spiro atoms. The Balaban J connectivity index is 1.91. The number of guanidine groups is 1. The van der Waals surface area contributed by atoms with Crippen molar-refractivity contribution in [3.63, 3.8) is 0 Å². The molecule has 0 aromatic heterocycles. The van der Waals surface area contributed by atoms with Crippen LogP contribution in [-0.4, -0.2) is 106 Å². The molecule has 1 saturated heterocycles. The van der Waals surface area contributed by atoms with Gasteiger partial charge < -0.3 is 25.2 Å². The summed E-state index contributed by atoms with van der Waals surface area (Å²) in [6.07, 6.45) is 0. The summed E-state index contributed by atoms with van der Waals surface area (Å²) in [6, 6.07) is 10.0. The van der Waals surface area contributed by atoms with Crippen molar-refractivity contribution < 1.29 is 14.3 Å². The highest BCUT2D eigenvalue weighted by Gasteiger charge is 2.21. The fourth-order valence-corrected chi connectivity index (χ4v) is 3.00. The molecule has 0 unspecified atom stereocenters. The van der Waals surface area contributed by atoms with Gasteiger partial charge in [0.2, 0.25) is 11.8 Å². The SMILES string of the molecule is COCCNC(=O)CN1CCN(C(=NCc2ccccc2)NCC(=O)N(C)C)CC1. The van der Waals surface area contributed by atoms with Gasteiger partial charge in [0.05, 0.1) is 26.2 Å². The summed E-state index contributed by atoms with van der Waals surface area (Å²) in [4.78, 5) is 34.6. The molecule has 0 radical (unpaired) electrons. The van der Waals surface area contributed by atoms with Gasteiger partial charge in [-0.15, -0.1) is 0 Å². The first-order valence-corrected chi connectivity index (χ1v) is 10.2. The lowest BCUT2D eigenvalue weighted by atomic mass is 10.2. The van der Waals surface area contributed by atoms with E-state index in [1.807, 2.05) is 30.3 Å². The van der Waals surface area contributed by atoms with Gasteiger partial charge in [0.25, 0.3) is 0 Å². The number of aliphatic imine (C=N–C) groups is 1. The Morgan fingerprint density at radius 1 is 1.10 bits per heavy atom. The standard InChI is InChI=1S/C21H34N6O3/c1-25(2)20(29)16-24-21(23-15-18-7-5-4-6-8-18)27-12-10-26(11-13-27)17-19(28)22-9-14-30-3/h4-8H,9-17H2,1-3H3,(H,22,28)(H,23,24). The van der Waals surface area contributed by atoms with Crippen LogP contribution in [0.15, 0.2) is 35.3 Å². The van der Waals surface area contributed by atoms with Crippen LogP contribution in [0.25, 0.3) is 0 Å². The molecule has 166 valence electrons. The second-order valence-corrected chi connectivity index (χ2v) is 7.37. The van der Waals surface area contributed by atoms with Crippen molar-refractivity contribution in [3.8, 4) is 0 Å². The van der Waals surface area contributed by atoms with E-state index in [2.05, 4.69) is 20.4 Å². The van der Waals surface area contributed by atoms with E-state index in [0.29, 0.717) is 26.2 Å². The number of piperazine rings is 1. The second-order valence-electron chi connectivity index (χ2n) is 7.37. The van der Waals surface area contributed by atoms with E-state index in [4.69, 9.17) is 9.73 Å². The molecule has 2 N–H and O–H groups in total. The predicted octanol–water partition coefficient (Wildman–Crippen LogP) is -0.399. The summed E-state index contributed by atoms with van der Waals surface area (Å²) >= 11 is 0. The van der Waals surface area contributed by atoms with Crippen LogP contribution in [0.5, 0.6) is 0 Å². The molecule has 0 bridgehead atoms. The van der Waals surface area contributed by atoms with Crippen LogP contribution in [0, 0.1) is 0 Å². The van der Waals surface area contributed by atoms with Gasteiger partial charge in [-0.2, -0.15) is 0 Å². The fraction of sp³-hybridized carbons (Fsp3) is 0.571. The Kier molecular flexibility index (Phi) is 10.1. The average Bonchev–Trinajstić information content (AvgIpc) is 2.75. The topological polar surface area (TPSA) is 89.5 Å². The van der Waals surface area contributed by atoms with Gasteiger partial charge in [-0.3, -0.25) is 14.5 Å². The van der Waals surface area contributed by atoms with Gasteiger partial charge in [-0.25, -0.2) is 4.99 Å². The summed E-state index contributed by atoms with van der Waals surface area (Å²) in [5, 5.41) is 6.05. The van der Waals surface area contributed by atoms with Crippen molar-refractivity contribution in [1.29, 1.82) is 0 Å². The van der Waals surface area contributed by atoms with Crippen LogP contribution in [0.1, 0.15) is 5.56 Å². The highest BCUT2D eigenvalue weighted by Crippen LogP contribution is 2.05. The third-order valence-corrected chi connectivity index (χ3v) is 4.82. The first-order chi connectivity index (χ1) is 14.5. The molecule has 1 aromatic rings. The smallest absolute Gasteiger partial charge is 0.241 e. The molecule has 9 heteroatoms. The second kappa shape index (κ2) is 12.8. The molecular weight excluding hydrogens is 384 g/mol. The lowest BCUT2D eigenvalue weighted by Crippen LogP contribution is -2.55. The number of nitrogens with zero attached hydrogens (tertiary/aromatic N) is 4. The quantitative estimate of drug-likeness (QED) is 0.322. The Hall–Kier alpha value is -2.65. The fourth-order valence-electron chi connectivity index (χ4n) is 3.00. The minimum Gasteiger partial charge on any atom is -0.383 e. The Labute approximate surface area is 179 Å². The van der Waals surface area contributed by atoms with Crippen molar-refractivity contribution in [2.24, 2.45) is 4.99 Å². The van der Waals surface area contributed by atoms with Crippen LogP contribution in [0.2, 0.25) is 0 Å². The Bertz CT molecular complexity index is 687. The van der Waals surface area contributed by atoms with Crippen LogP contribution in [-0.2, 0) is 20.9 Å². The Morgan fingerprint density at radius 2 is 1.80 bits per heavy atom. The van der Waals surface area contributed by atoms with Crippen LogP contribution < -0.4 is 10.6 Å². The van der Waals surface area contributed by atoms with Gasteiger partial charge >= 0.3 is 0 Å². The zero-order chi connectivity index (χ0) is 21.8. The first kappa shape index (κ1) is 23.6. The van der Waals surface area contributed by atoms with Crippen molar-refractivity contribution >= 4 is 17.8 Å². The van der Waals surface area contributed by atoms with Crippen molar-refractivity contribution in [2.45, 2.75) is 6.54 Å². The molecule has 1 heterocycles. The minimum atomic E-state index is -0.00576. The zero-order valence-corrected chi connectivity index (χ0v) is 18.3. The zero-order valence-electron chi connectivity index (χ0n) is 18.3. The lowest BCUT2D eigenvalue weighted by molar-refractivity contribution is -0.127. The van der Waals surface area contributed by atoms with Gasteiger partial charge in [0, 0.05) is 53.9 Å². The molecule has 9 nitrogen and oxygen atoms in total. The number of carbonyl (C=O) groups excluding carboxylic acids is 2. The molecule has 1 aliphatic rings. The summed E-state index contributed by atoms with van der Waals surface area (Å²) in [5.74, 6) is 0.722. The molecule has 0 aliphatic carbocycles. The molecule has 2 rings (SSSR count). The van der Waals surface area contributed by atoms with Crippen molar-refractivity contribution in [3.05, 3.63) is 35.9 Å². The van der Waals surface area contributed by atoms with E-state index in [0.717, 1.165) is 37.7 Å². The molecule has 0 saturated carbocycles. The third-order valence-electron chi connectivity index (χ3n) is 4.82. The van der Waals surface area contributed by atoms with Crippen molar-refractivity contribution in [1.82, 2.24) is 25.3 Å². The predicted molar refractivity (Wildman–Crippen MR) is 117 cm³/mol. The number of carbonyl (C=O) groups is 2. The molecular formula is C21H34N6O3. The van der Waals surface area contributed by atoms with Crippen LogP contribution in [0.4, 0.5) is 0 Å². The molecule has 1 aliphatic heterocycles. The summed E-state index contributed by atoms with van der Waals surface area (Å²) in [5.41, 5.74) is 1.11. The third kappa shape index (κ3) is 8.38. The summed E-state index contributed by atoms with van der Waals surface area (Å²) in [7, 11) is 5.09. The van der Waals surface area contributed by atoms with E-state index < -0.39 is 0 Å². The summed E-state index contributed by atoms with van der Waals surface area (Å²) < 4.78 is 4.95. The number of hydrogen-bond donors (Lipinski definition) is 2. The highest BCUT2D eigenvalue weighted by atomic mass is 16.5. The minimum absolute atomic E-state index is 0.00576. The van der Waals surface area contributed by atoms with Crippen LogP contribution in [0.3, 0.4) is 0 Å². The van der Waals surface area contributed by atoms with Gasteiger partial charge in [-0.05, 0) is 5.56 Å². The average molecular weight is 419 g/mol. The molecule has 1 fully saturated rings. The van der Waals surface area contributed by atoms with E-state index in [1.165, 1.54) is 0 Å². The van der Waals surface area contributed by atoms with Crippen LogP contribution >= 0.6 is 0 Å². The Morgan fingerprint density at radius 3 is 2.43 bits per heavy atom. The van der Waals surface area contributed by atoms with Gasteiger partial charge in [0.1, 0.15) is 0 Å². The number of methoxy groups -OCH3 is 1. The number of nitrogens with one attached hydrogen (secondary N) is 2. The largest absolute Gasteiger partial charge is 0.383 e. The maximum Gasteiger partial charge on any atom is 0.241 e. The lowest BCUT2D eigenvalue weighted by Gasteiger charge is -2.36. The number of hydrogen-bond acceptors (Lipinski definition) is 5. The number of ether oxygens (including phenoxy) is 1. The molecule has 30 heavy (non-hydrogen) atoms. The monoisotopic (exact) mass is 418 g/mol. The molecule has 0 atom stereocenters. The van der Waals surface area contributed by atoms with E-state index in [9.17, 15) is 9.59 Å². The maximum atomic E-state index is 12.0. The number of likely N-dealkylation sites (N-methyl/N-ethyl adjacent to an activating group) is 1. The molecule has 1 aromatic carbocycles. The maximum absolute atomic E-state index is 12.0. The van der Waals surface area contributed by atoms with Crippen molar-refractivity contribution in [2.75, 3.05) is 73.6 Å². The number of rotatable bonds is 9. The van der Waals surface area contributed by atoms with E-state index in [-0.39, 0.29) is 18.4 Å². The highest BCUT2D eigenvalue weighted by molar-refractivity contribution is 5.86. The summed E-state index contributed by atoms with van der Waals surface area (Å²) in [6.45, 7) is 5.14. The first-order valence-electron chi connectivity index (χ1n) is 10.2. The van der Waals surface area contributed by atoms with Gasteiger partial charge in [0.15, 0.2) is 5.96 Å². The van der Waals surface area contributed by atoms with E-state index in [1.54, 1.807) is 26.1 Å². The number of amides is 2. The normalized spacial score (nSPS) is 15.0.